The van der Waals surface area contributed by atoms with Crippen molar-refractivity contribution >= 4 is 15.8 Å². The number of anilines is 1. The summed E-state index contributed by atoms with van der Waals surface area (Å²) in [4.78, 5) is 4.26. The van der Waals surface area contributed by atoms with Crippen molar-refractivity contribution < 1.29 is 8.42 Å². The van der Waals surface area contributed by atoms with E-state index in [2.05, 4.69) is 10.3 Å². The van der Waals surface area contributed by atoms with Crippen LogP contribution in [0.3, 0.4) is 0 Å². The minimum absolute atomic E-state index is 0.233. The molecule has 5 nitrogen and oxygen atoms in total. The average Bonchev–Trinajstić information content (AvgIpc) is 2.49. The Morgan fingerprint density at radius 2 is 1.86 bits per heavy atom. The number of sulfonamides is 1. The molecular formula is C15H19N3O2S. The highest BCUT2D eigenvalue weighted by atomic mass is 32.2. The van der Waals surface area contributed by atoms with E-state index >= 15 is 0 Å². The lowest BCUT2D eigenvalue weighted by Gasteiger charge is -2.17. The zero-order chi connectivity index (χ0) is 15.5. The maximum atomic E-state index is 12.5. The number of nitrogens with one attached hydrogen (secondary N) is 1. The first kappa shape index (κ1) is 15.5. The molecule has 0 atom stereocenters. The van der Waals surface area contributed by atoms with Gasteiger partial charge in [-0.25, -0.2) is 13.4 Å². The maximum Gasteiger partial charge on any atom is 0.243 e. The molecule has 2 aromatic rings. The summed E-state index contributed by atoms with van der Waals surface area (Å²) in [6.07, 6.45) is 1.48. The lowest BCUT2D eigenvalue weighted by molar-refractivity contribution is 0.466. The summed E-state index contributed by atoms with van der Waals surface area (Å²) in [5, 5.41) is 2.84. The molecular weight excluding hydrogens is 286 g/mol. The van der Waals surface area contributed by atoms with Gasteiger partial charge in [-0.2, -0.15) is 4.31 Å². The number of aromatic nitrogens is 1. The van der Waals surface area contributed by atoms with Gasteiger partial charge in [-0.1, -0.05) is 29.8 Å². The molecule has 0 aliphatic carbocycles. The van der Waals surface area contributed by atoms with E-state index in [9.17, 15) is 8.42 Å². The summed E-state index contributed by atoms with van der Waals surface area (Å²) in [6, 6.07) is 10.9. The Hall–Kier alpha value is -1.92. The number of benzene rings is 1. The van der Waals surface area contributed by atoms with Gasteiger partial charge in [0.1, 0.15) is 5.82 Å². The Morgan fingerprint density at radius 3 is 2.48 bits per heavy atom. The van der Waals surface area contributed by atoms with Crippen molar-refractivity contribution in [1.29, 1.82) is 0 Å². The molecule has 0 unspecified atom stereocenters. The number of nitrogens with zero attached hydrogens (tertiary/aromatic N) is 2. The number of hydrogen-bond donors (Lipinski definition) is 1. The van der Waals surface area contributed by atoms with Crippen LogP contribution in [-0.2, 0) is 16.6 Å². The van der Waals surface area contributed by atoms with Crippen molar-refractivity contribution in [3.8, 4) is 0 Å². The predicted molar refractivity (Wildman–Crippen MR) is 83.6 cm³/mol. The number of aryl methyl sites for hydroxylation is 1. The molecule has 1 N–H and O–H groups in total. The fourth-order valence-corrected chi connectivity index (χ4v) is 3.10. The lowest BCUT2D eigenvalue weighted by Crippen LogP contribution is -2.26. The molecule has 0 aliphatic heterocycles. The normalized spacial score (nSPS) is 11.6. The van der Waals surface area contributed by atoms with Crippen LogP contribution in [-0.4, -0.2) is 31.8 Å². The summed E-state index contributed by atoms with van der Waals surface area (Å²) in [5.74, 6) is 0.528. The Labute approximate surface area is 125 Å². The van der Waals surface area contributed by atoms with Gasteiger partial charge in [0.25, 0.3) is 0 Å². The molecule has 0 bridgehead atoms. The molecule has 0 fully saturated rings. The van der Waals surface area contributed by atoms with Crippen LogP contribution < -0.4 is 5.32 Å². The number of pyridine rings is 1. The molecule has 21 heavy (non-hydrogen) atoms. The fraction of sp³-hybridized carbons (Fsp3) is 0.267. The summed E-state index contributed by atoms with van der Waals surface area (Å²) in [7, 11) is -0.245. The molecule has 112 valence electrons. The summed E-state index contributed by atoms with van der Waals surface area (Å²) < 4.78 is 26.4. The van der Waals surface area contributed by atoms with Gasteiger partial charge in [0.2, 0.25) is 10.0 Å². The van der Waals surface area contributed by atoms with Gasteiger partial charge in [-0.05, 0) is 18.6 Å². The molecule has 1 aromatic heterocycles. The smallest absolute Gasteiger partial charge is 0.243 e. The quantitative estimate of drug-likeness (QED) is 0.920. The Bertz CT molecular complexity index is 712. The van der Waals surface area contributed by atoms with Crippen molar-refractivity contribution in [2.45, 2.75) is 18.4 Å². The molecule has 0 aliphatic rings. The highest BCUT2D eigenvalue weighted by Gasteiger charge is 2.21. The first-order chi connectivity index (χ1) is 9.93. The second kappa shape index (κ2) is 6.24. The molecule has 1 heterocycles. The average molecular weight is 305 g/mol. The van der Waals surface area contributed by atoms with E-state index in [0.29, 0.717) is 12.4 Å². The summed E-state index contributed by atoms with van der Waals surface area (Å²) in [5.41, 5.74) is 2.10. The molecule has 0 saturated heterocycles. The molecule has 2 rings (SSSR count). The highest BCUT2D eigenvalue weighted by molar-refractivity contribution is 7.89. The van der Waals surface area contributed by atoms with Gasteiger partial charge in [0, 0.05) is 32.9 Å². The third-order valence-electron chi connectivity index (χ3n) is 3.22. The fourth-order valence-electron chi connectivity index (χ4n) is 1.92. The van der Waals surface area contributed by atoms with Crippen LogP contribution >= 0.6 is 0 Å². The standard InChI is InChI=1S/C15H19N3O2S/c1-12-4-6-13(7-5-12)11-18(3)21(19,20)14-8-9-17-15(10-14)16-2/h4-10H,11H2,1-3H3,(H,16,17). The Kier molecular flexibility index (Phi) is 4.59. The van der Waals surface area contributed by atoms with E-state index in [0.717, 1.165) is 11.1 Å². The minimum Gasteiger partial charge on any atom is -0.373 e. The van der Waals surface area contributed by atoms with Crippen LogP contribution in [0.25, 0.3) is 0 Å². The van der Waals surface area contributed by atoms with Gasteiger partial charge in [-0.3, -0.25) is 0 Å². The van der Waals surface area contributed by atoms with E-state index in [-0.39, 0.29) is 4.90 Å². The van der Waals surface area contributed by atoms with Crippen molar-refractivity contribution in [3.05, 3.63) is 53.7 Å². The van der Waals surface area contributed by atoms with Crippen LogP contribution in [0.5, 0.6) is 0 Å². The van der Waals surface area contributed by atoms with Crippen molar-refractivity contribution in [2.75, 3.05) is 19.4 Å². The second-order valence-corrected chi connectivity index (χ2v) is 6.92. The van der Waals surface area contributed by atoms with E-state index in [1.165, 1.54) is 22.6 Å². The molecule has 6 heteroatoms. The summed E-state index contributed by atoms with van der Waals surface area (Å²) in [6.45, 7) is 2.33. The lowest BCUT2D eigenvalue weighted by atomic mass is 10.1. The monoisotopic (exact) mass is 305 g/mol. The molecule has 1 aromatic carbocycles. The van der Waals surface area contributed by atoms with E-state index in [1.807, 2.05) is 31.2 Å². The number of hydrogen-bond acceptors (Lipinski definition) is 4. The maximum absolute atomic E-state index is 12.5. The van der Waals surface area contributed by atoms with Gasteiger partial charge < -0.3 is 5.32 Å². The summed E-state index contributed by atoms with van der Waals surface area (Å²) >= 11 is 0. The first-order valence-electron chi connectivity index (χ1n) is 6.59. The van der Waals surface area contributed by atoms with Crippen LogP contribution in [0.1, 0.15) is 11.1 Å². The highest BCUT2D eigenvalue weighted by Crippen LogP contribution is 2.18. The largest absolute Gasteiger partial charge is 0.373 e. The van der Waals surface area contributed by atoms with E-state index in [4.69, 9.17) is 0 Å². The van der Waals surface area contributed by atoms with Crippen LogP contribution in [0.2, 0.25) is 0 Å². The molecule has 0 amide bonds. The van der Waals surface area contributed by atoms with Gasteiger partial charge >= 0.3 is 0 Å². The van der Waals surface area contributed by atoms with Gasteiger partial charge in [-0.15, -0.1) is 0 Å². The van der Waals surface area contributed by atoms with E-state index in [1.54, 1.807) is 14.1 Å². The number of rotatable bonds is 5. The third-order valence-corrected chi connectivity index (χ3v) is 5.02. The van der Waals surface area contributed by atoms with Crippen molar-refractivity contribution in [1.82, 2.24) is 9.29 Å². The van der Waals surface area contributed by atoms with Crippen molar-refractivity contribution in [3.63, 3.8) is 0 Å². The minimum atomic E-state index is -3.53. The van der Waals surface area contributed by atoms with Crippen molar-refractivity contribution in [2.24, 2.45) is 0 Å². The zero-order valence-electron chi connectivity index (χ0n) is 12.4. The second-order valence-electron chi connectivity index (χ2n) is 4.87. The molecule has 0 saturated carbocycles. The SMILES string of the molecule is CNc1cc(S(=O)(=O)N(C)Cc2ccc(C)cc2)ccn1. The molecule has 0 radical (unpaired) electrons. The van der Waals surface area contributed by atoms with Crippen LogP contribution in [0.15, 0.2) is 47.5 Å². The topological polar surface area (TPSA) is 62.3 Å². The van der Waals surface area contributed by atoms with Crippen LogP contribution in [0.4, 0.5) is 5.82 Å². The van der Waals surface area contributed by atoms with Gasteiger partial charge in [0.05, 0.1) is 4.90 Å². The van der Waals surface area contributed by atoms with Crippen LogP contribution in [0, 0.1) is 6.92 Å². The van der Waals surface area contributed by atoms with Gasteiger partial charge in [0.15, 0.2) is 0 Å². The first-order valence-corrected chi connectivity index (χ1v) is 8.03. The predicted octanol–water partition coefficient (Wildman–Crippen LogP) is 2.25. The zero-order valence-corrected chi connectivity index (χ0v) is 13.2. The van der Waals surface area contributed by atoms with E-state index < -0.39 is 10.0 Å². The third kappa shape index (κ3) is 3.59. The molecule has 0 spiro atoms. The Balaban J connectivity index is 2.23. The Morgan fingerprint density at radius 1 is 1.19 bits per heavy atom.